The number of hydrogen-bond acceptors (Lipinski definition) is 5. The van der Waals surface area contributed by atoms with Crippen molar-refractivity contribution in [1.29, 1.82) is 0 Å². The molecule has 1 N–H and O–H groups in total. The van der Waals surface area contributed by atoms with E-state index >= 15 is 0 Å². The van der Waals surface area contributed by atoms with Crippen LogP contribution in [0.4, 0.5) is 14.5 Å². The summed E-state index contributed by atoms with van der Waals surface area (Å²) in [4.78, 5) is 16.6. The molecule has 0 saturated heterocycles. The van der Waals surface area contributed by atoms with Gasteiger partial charge in [-0.15, -0.1) is 0 Å². The Morgan fingerprint density at radius 2 is 2.04 bits per heavy atom. The van der Waals surface area contributed by atoms with E-state index in [1.807, 2.05) is 0 Å². The quantitative estimate of drug-likeness (QED) is 0.586. The molecule has 0 saturated carbocycles. The van der Waals surface area contributed by atoms with Crippen LogP contribution in [0.25, 0.3) is 0 Å². The second-order valence-electron chi connectivity index (χ2n) is 4.70. The van der Waals surface area contributed by atoms with E-state index in [0.29, 0.717) is 17.0 Å². The van der Waals surface area contributed by atoms with Crippen molar-refractivity contribution >= 4 is 17.8 Å². The highest BCUT2D eigenvalue weighted by molar-refractivity contribution is 5.92. The van der Waals surface area contributed by atoms with Crippen LogP contribution in [-0.2, 0) is 9.63 Å². The van der Waals surface area contributed by atoms with Gasteiger partial charge in [-0.2, -0.15) is 8.78 Å². The molecule has 8 heteroatoms. The average molecular weight is 350 g/mol. The first-order valence-electron chi connectivity index (χ1n) is 7.21. The second-order valence-corrected chi connectivity index (χ2v) is 4.70. The number of oxime groups is 1. The van der Waals surface area contributed by atoms with Crippen molar-refractivity contribution in [2.45, 2.75) is 6.61 Å². The van der Waals surface area contributed by atoms with E-state index in [0.717, 1.165) is 0 Å². The SMILES string of the molecule is COc1cccc(NC(=O)CO/N=C/c2ccccc2OC(F)F)c1. The zero-order chi connectivity index (χ0) is 18.1. The van der Waals surface area contributed by atoms with Crippen LogP contribution in [0.3, 0.4) is 0 Å². The van der Waals surface area contributed by atoms with E-state index in [-0.39, 0.29) is 12.4 Å². The van der Waals surface area contributed by atoms with Crippen LogP contribution >= 0.6 is 0 Å². The van der Waals surface area contributed by atoms with Crippen LogP contribution in [-0.4, -0.2) is 32.4 Å². The van der Waals surface area contributed by atoms with Gasteiger partial charge in [-0.25, -0.2) is 0 Å². The van der Waals surface area contributed by atoms with Crippen LogP contribution in [0.1, 0.15) is 5.56 Å². The number of methoxy groups -OCH3 is 1. The van der Waals surface area contributed by atoms with Crippen molar-refractivity contribution in [3.8, 4) is 11.5 Å². The lowest BCUT2D eigenvalue weighted by atomic mass is 10.2. The molecule has 1 amide bonds. The number of amides is 1. The molecule has 0 aliphatic rings. The Balaban J connectivity index is 1.85. The van der Waals surface area contributed by atoms with Gasteiger partial charge in [0.2, 0.25) is 0 Å². The number of carbonyl (C=O) groups excluding carboxylic acids is 1. The first-order valence-corrected chi connectivity index (χ1v) is 7.21. The summed E-state index contributed by atoms with van der Waals surface area (Å²) in [6.07, 6.45) is 1.19. The molecule has 0 aliphatic carbocycles. The van der Waals surface area contributed by atoms with Gasteiger partial charge in [-0.3, -0.25) is 4.79 Å². The monoisotopic (exact) mass is 350 g/mol. The molecule has 2 aromatic carbocycles. The lowest BCUT2D eigenvalue weighted by molar-refractivity contribution is -0.120. The standard InChI is InChI=1S/C17H16F2N2O4/c1-23-14-7-4-6-13(9-14)21-16(22)11-24-20-10-12-5-2-3-8-15(12)25-17(18)19/h2-10,17H,11H2,1H3,(H,21,22)/b20-10+. The Hall–Kier alpha value is -3.16. The number of rotatable bonds is 8. The first kappa shape index (κ1) is 18.2. The molecule has 0 spiro atoms. The van der Waals surface area contributed by atoms with E-state index in [9.17, 15) is 13.6 Å². The molecule has 0 fully saturated rings. The lowest BCUT2D eigenvalue weighted by Gasteiger charge is -2.07. The number of alkyl halides is 2. The van der Waals surface area contributed by atoms with Gasteiger partial charge in [-0.1, -0.05) is 23.4 Å². The van der Waals surface area contributed by atoms with Crippen molar-refractivity contribution in [3.05, 3.63) is 54.1 Å². The van der Waals surface area contributed by atoms with Gasteiger partial charge in [0.1, 0.15) is 11.5 Å². The third kappa shape index (κ3) is 6.09. The predicted molar refractivity (Wildman–Crippen MR) is 88.2 cm³/mol. The Morgan fingerprint density at radius 3 is 2.80 bits per heavy atom. The van der Waals surface area contributed by atoms with Crippen molar-refractivity contribution in [2.24, 2.45) is 5.16 Å². The normalized spacial score (nSPS) is 10.7. The van der Waals surface area contributed by atoms with Crippen LogP contribution < -0.4 is 14.8 Å². The summed E-state index contributed by atoms with van der Waals surface area (Å²) in [5, 5.41) is 6.20. The highest BCUT2D eigenvalue weighted by atomic mass is 19.3. The lowest BCUT2D eigenvalue weighted by Crippen LogP contribution is -2.17. The number of halogens is 2. The summed E-state index contributed by atoms with van der Waals surface area (Å²) in [7, 11) is 1.52. The van der Waals surface area contributed by atoms with Crippen LogP contribution in [0.15, 0.2) is 53.7 Å². The van der Waals surface area contributed by atoms with Gasteiger partial charge in [-0.05, 0) is 24.3 Å². The van der Waals surface area contributed by atoms with Crippen molar-refractivity contribution in [1.82, 2.24) is 0 Å². The minimum atomic E-state index is -2.94. The maximum absolute atomic E-state index is 12.3. The fourth-order valence-electron chi connectivity index (χ4n) is 1.88. The fourth-order valence-corrected chi connectivity index (χ4v) is 1.88. The van der Waals surface area contributed by atoms with Crippen LogP contribution in [0, 0.1) is 0 Å². The number of ether oxygens (including phenoxy) is 2. The molecule has 0 aromatic heterocycles. The Bertz CT molecular complexity index is 738. The molecule has 0 aliphatic heterocycles. The summed E-state index contributed by atoms with van der Waals surface area (Å²) >= 11 is 0. The summed E-state index contributed by atoms with van der Waals surface area (Å²) < 4.78 is 34.0. The molecule has 0 radical (unpaired) electrons. The van der Waals surface area contributed by atoms with Gasteiger partial charge < -0.3 is 19.6 Å². The summed E-state index contributed by atoms with van der Waals surface area (Å²) in [6.45, 7) is -3.28. The molecule has 0 unspecified atom stereocenters. The van der Waals surface area contributed by atoms with E-state index in [1.54, 1.807) is 36.4 Å². The molecule has 0 heterocycles. The Labute approximate surface area is 143 Å². The number of nitrogens with one attached hydrogen (secondary N) is 1. The van der Waals surface area contributed by atoms with E-state index in [1.165, 1.54) is 25.5 Å². The van der Waals surface area contributed by atoms with E-state index in [2.05, 4.69) is 15.2 Å². The summed E-state index contributed by atoms with van der Waals surface area (Å²) in [5.74, 6) is 0.139. The molecule has 6 nitrogen and oxygen atoms in total. The topological polar surface area (TPSA) is 69.2 Å². The number of carbonyl (C=O) groups is 1. The smallest absolute Gasteiger partial charge is 0.387 e. The molecule has 2 aromatic rings. The number of nitrogens with zero attached hydrogens (tertiary/aromatic N) is 1. The van der Waals surface area contributed by atoms with Gasteiger partial charge in [0.25, 0.3) is 5.91 Å². The molecule has 25 heavy (non-hydrogen) atoms. The van der Waals surface area contributed by atoms with Gasteiger partial charge >= 0.3 is 6.61 Å². The van der Waals surface area contributed by atoms with Crippen molar-refractivity contribution in [2.75, 3.05) is 19.0 Å². The third-order valence-corrected chi connectivity index (χ3v) is 2.95. The maximum Gasteiger partial charge on any atom is 0.387 e. The molecule has 0 atom stereocenters. The van der Waals surface area contributed by atoms with Crippen molar-refractivity contribution < 1.29 is 27.9 Å². The molecular formula is C17H16F2N2O4. The number of benzene rings is 2. The highest BCUT2D eigenvalue weighted by Gasteiger charge is 2.08. The molecule has 0 bridgehead atoms. The van der Waals surface area contributed by atoms with Gasteiger partial charge in [0.15, 0.2) is 6.61 Å². The van der Waals surface area contributed by atoms with E-state index < -0.39 is 12.5 Å². The zero-order valence-corrected chi connectivity index (χ0v) is 13.3. The summed E-state index contributed by atoms with van der Waals surface area (Å²) in [6, 6.07) is 12.9. The van der Waals surface area contributed by atoms with E-state index in [4.69, 9.17) is 9.57 Å². The minimum absolute atomic E-state index is 0.0364. The number of anilines is 1. The molecule has 2 rings (SSSR count). The Kier molecular flexibility index (Phi) is 6.70. The molecular weight excluding hydrogens is 334 g/mol. The fraction of sp³-hybridized carbons (Fsp3) is 0.176. The summed E-state index contributed by atoms with van der Waals surface area (Å²) in [5.41, 5.74) is 0.851. The van der Waals surface area contributed by atoms with Gasteiger partial charge in [0.05, 0.1) is 13.3 Å². The first-order chi connectivity index (χ1) is 12.1. The number of para-hydroxylation sites is 1. The Morgan fingerprint density at radius 1 is 1.24 bits per heavy atom. The number of hydrogen-bond donors (Lipinski definition) is 1. The minimum Gasteiger partial charge on any atom is -0.497 e. The molecule has 132 valence electrons. The highest BCUT2D eigenvalue weighted by Crippen LogP contribution is 2.18. The van der Waals surface area contributed by atoms with Crippen LogP contribution in [0.5, 0.6) is 11.5 Å². The van der Waals surface area contributed by atoms with Crippen LogP contribution in [0.2, 0.25) is 0 Å². The maximum atomic E-state index is 12.3. The van der Waals surface area contributed by atoms with Crippen molar-refractivity contribution in [3.63, 3.8) is 0 Å². The third-order valence-electron chi connectivity index (χ3n) is 2.95. The second kappa shape index (κ2) is 9.21. The zero-order valence-electron chi connectivity index (χ0n) is 13.3. The predicted octanol–water partition coefficient (Wildman–Crippen LogP) is 3.29. The largest absolute Gasteiger partial charge is 0.497 e. The van der Waals surface area contributed by atoms with Gasteiger partial charge in [0, 0.05) is 17.3 Å². The average Bonchev–Trinajstić information content (AvgIpc) is 2.59.